The smallest absolute Gasteiger partial charge is 0.171 e. The Bertz CT molecular complexity index is 206. The topological polar surface area (TPSA) is 44.5 Å². The average Bonchev–Trinajstić information content (AvgIpc) is 1.95. The van der Waals surface area contributed by atoms with E-state index in [1.807, 2.05) is 6.92 Å². The van der Waals surface area contributed by atoms with Crippen LogP contribution in [0.2, 0.25) is 0 Å². The standard InChI is InChI=1S/C9H17NO2S/c1-8(2)5-11-9(3,12-6-8)4-7(10)13/h4-6H2,1-3H3,(H2,10,13). The Labute approximate surface area is 84.6 Å². The van der Waals surface area contributed by atoms with Crippen LogP contribution in [-0.2, 0) is 9.47 Å². The Hall–Kier alpha value is -0.190. The van der Waals surface area contributed by atoms with Gasteiger partial charge in [-0.05, 0) is 6.92 Å². The van der Waals surface area contributed by atoms with Crippen molar-refractivity contribution in [2.24, 2.45) is 11.1 Å². The van der Waals surface area contributed by atoms with Crippen molar-refractivity contribution in [2.45, 2.75) is 33.0 Å². The van der Waals surface area contributed by atoms with Crippen LogP contribution in [0.15, 0.2) is 0 Å². The Morgan fingerprint density at radius 2 is 1.77 bits per heavy atom. The van der Waals surface area contributed by atoms with Gasteiger partial charge in [0, 0.05) is 5.41 Å². The lowest BCUT2D eigenvalue weighted by molar-refractivity contribution is -0.285. The number of hydrogen-bond donors (Lipinski definition) is 1. The molecule has 1 saturated heterocycles. The molecule has 1 rings (SSSR count). The zero-order valence-corrected chi connectivity index (χ0v) is 9.24. The molecule has 0 saturated carbocycles. The predicted molar refractivity (Wildman–Crippen MR) is 55.5 cm³/mol. The van der Waals surface area contributed by atoms with Crippen molar-refractivity contribution >= 4 is 17.2 Å². The van der Waals surface area contributed by atoms with Crippen molar-refractivity contribution in [3.05, 3.63) is 0 Å². The maximum absolute atomic E-state index is 5.60. The second-order valence-corrected chi connectivity index (χ2v) is 5.04. The normalized spacial score (nSPS) is 25.5. The molecule has 1 aliphatic rings. The number of hydrogen-bond acceptors (Lipinski definition) is 3. The van der Waals surface area contributed by atoms with Crippen molar-refractivity contribution in [1.29, 1.82) is 0 Å². The molecule has 1 fully saturated rings. The minimum atomic E-state index is -0.610. The van der Waals surface area contributed by atoms with Crippen LogP contribution in [0.4, 0.5) is 0 Å². The molecule has 0 aromatic carbocycles. The fraction of sp³-hybridized carbons (Fsp3) is 0.889. The number of ether oxygens (including phenoxy) is 2. The van der Waals surface area contributed by atoms with Gasteiger partial charge in [0.1, 0.15) is 0 Å². The van der Waals surface area contributed by atoms with Crippen molar-refractivity contribution in [3.63, 3.8) is 0 Å². The monoisotopic (exact) mass is 203 g/mol. The van der Waals surface area contributed by atoms with E-state index in [9.17, 15) is 0 Å². The third-order valence-electron chi connectivity index (χ3n) is 2.03. The highest BCUT2D eigenvalue weighted by atomic mass is 32.1. The molecule has 0 bridgehead atoms. The fourth-order valence-corrected chi connectivity index (χ4v) is 1.46. The van der Waals surface area contributed by atoms with Crippen molar-refractivity contribution in [2.75, 3.05) is 13.2 Å². The van der Waals surface area contributed by atoms with E-state index in [-0.39, 0.29) is 5.41 Å². The van der Waals surface area contributed by atoms with E-state index in [4.69, 9.17) is 27.4 Å². The van der Waals surface area contributed by atoms with E-state index in [1.54, 1.807) is 0 Å². The van der Waals surface area contributed by atoms with Crippen LogP contribution in [-0.4, -0.2) is 24.0 Å². The molecule has 0 aliphatic carbocycles. The summed E-state index contributed by atoms with van der Waals surface area (Å²) >= 11 is 4.82. The molecule has 1 aliphatic heterocycles. The van der Waals surface area contributed by atoms with Gasteiger partial charge in [-0.25, -0.2) is 0 Å². The lowest BCUT2D eigenvalue weighted by Gasteiger charge is -2.41. The quantitative estimate of drug-likeness (QED) is 0.690. The van der Waals surface area contributed by atoms with Gasteiger partial charge in [0.25, 0.3) is 0 Å². The van der Waals surface area contributed by atoms with E-state index in [1.165, 1.54) is 0 Å². The van der Waals surface area contributed by atoms with E-state index >= 15 is 0 Å². The first-order valence-corrected chi connectivity index (χ1v) is 4.80. The molecular formula is C9H17NO2S. The Balaban J connectivity index is 2.51. The predicted octanol–water partition coefficient (Wildman–Crippen LogP) is 1.45. The highest BCUT2D eigenvalue weighted by Crippen LogP contribution is 2.30. The zero-order valence-electron chi connectivity index (χ0n) is 8.42. The summed E-state index contributed by atoms with van der Waals surface area (Å²) in [5.41, 5.74) is 5.54. The molecule has 0 radical (unpaired) electrons. The van der Waals surface area contributed by atoms with Crippen molar-refractivity contribution in [3.8, 4) is 0 Å². The van der Waals surface area contributed by atoms with Crippen LogP contribution >= 0.6 is 12.2 Å². The van der Waals surface area contributed by atoms with E-state index < -0.39 is 5.79 Å². The van der Waals surface area contributed by atoms with Gasteiger partial charge in [0.2, 0.25) is 0 Å². The van der Waals surface area contributed by atoms with E-state index in [0.29, 0.717) is 24.6 Å². The van der Waals surface area contributed by atoms with E-state index in [0.717, 1.165) is 0 Å². The molecule has 1 heterocycles. The first kappa shape index (κ1) is 10.9. The molecular weight excluding hydrogens is 186 g/mol. The molecule has 76 valence electrons. The summed E-state index contributed by atoms with van der Waals surface area (Å²) in [6.45, 7) is 7.46. The maximum Gasteiger partial charge on any atom is 0.171 e. The lowest BCUT2D eigenvalue weighted by Crippen LogP contribution is -2.47. The molecule has 0 aromatic heterocycles. The van der Waals surface area contributed by atoms with Gasteiger partial charge in [0.05, 0.1) is 24.6 Å². The summed E-state index contributed by atoms with van der Waals surface area (Å²) in [6.07, 6.45) is 0.485. The second-order valence-electron chi connectivity index (χ2n) is 4.52. The SMILES string of the molecule is CC1(C)COC(C)(CC(N)=S)OC1. The van der Waals surface area contributed by atoms with Gasteiger partial charge in [0.15, 0.2) is 5.79 Å². The van der Waals surface area contributed by atoms with Crippen LogP contribution < -0.4 is 5.73 Å². The molecule has 0 unspecified atom stereocenters. The third-order valence-corrected chi connectivity index (χ3v) is 2.18. The van der Waals surface area contributed by atoms with Crippen LogP contribution in [0.25, 0.3) is 0 Å². The highest BCUT2D eigenvalue weighted by Gasteiger charge is 2.37. The Morgan fingerprint density at radius 3 is 2.15 bits per heavy atom. The number of nitrogens with two attached hydrogens (primary N) is 1. The third kappa shape index (κ3) is 3.21. The Kier molecular flexibility index (Phi) is 2.95. The van der Waals surface area contributed by atoms with Gasteiger partial charge in [-0.1, -0.05) is 26.1 Å². The minimum absolute atomic E-state index is 0.0930. The van der Waals surface area contributed by atoms with Gasteiger partial charge in [-0.3, -0.25) is 0 Å². The minimum Gasteiger partial charge on any atom is -0.393 e. The molecule has 0 amide bonds. The van der Waals surface area contributed by atoms with Crippen LogP contribution in [0, 0.1) is 5.41 Å². The maximum atomic E-state index is 5.60. The Morgan fingerprint density at radius 1 is 1.31 bits per heavy atom. The summed E-state index contributed by atoms with van der Waals surface area (Å²) in [6, 6.07) is 0. The summed E-state index contributed by atoms with van der Waals surface area (Å²) in [7, 11) is 0. The molecule has 0 atom stereocenters. The van der Waals surface area contributed by atoms with Crippen molar-refractivity contribution in [1.82, 2.24) is 0 Å². The summed E-state index contributed by atoms with van der Waals surface area (Å²) in [5.74, 6) is -0.610. The largest absolute Gasteiger partial charge is 0.393 e. The van der Waals surface area contributed by atoms with Gasteiger partial charge in [-0.2, -0.15) is 0 Å². The average molecular weight is 203 g/mol. The fourth-order valence-electron chi connectivity index (χ4n) is 1.20. The molecule has 4 heteroatoms. The second kappa shape index (κ2) is 3.52. The lowest BCUT2D eigenvalue weighted by atomic mass is 9.94. The first-order valence-electron chi connectivity index (χ1n) is 4.39. The summed E-state index contributed by atoms with van der Waals surface area (Å²) in [4.78, 5) is 0.433. The van der Waals surface area contributed by atoms with Gasteiger partial charge in [-0.15, -0.1) is 0 Å². The number of rotatable bonds is 2. The molecule has 0 aromatic rings. The van der Waals surface area contributed by atoms with Crippen LogP contribution in [0.3, 0.4) is 0 Å². The van der Waals surface area contributed by atoms with Crippen LogP contribution in [0.1, 0.15) is 27.2 Å². The van der Waals surface area contributed by atoms with Crippen LogP contribution in [0.5, 0.6) is 0 Å². The summed E-state index contributed by atoms with van der Waals surface area (Å²) < 4.78 is 11.2. The molecule has 13 heavy (non-hydrogen) atoms. The van der Waals surface area contributed by atoms with Crippen molar-refractivity contribution < 1.29 is 9.47 Å². The molecule has 3 nitrogen and oxygen atoms in total. The van der Waals surface area contributed by atoms with Gasteiger partial charge < -0.3 is 15.2 Å². The zero-order chi connectivity index (χ0) is 10.1. The van der Waals surface area contributed by atoms with Gasteiger partial charge >= 0.3 is 0 Å². The van der Waals surface area contributed by atoms with E-state index in [2.05, 4.69) is 13.8 Å². The summed E-state index contributed by atoms with van der Waals surface area (Å²) in [5, 5.41) is 0. The first-order chi connectivity index (χ1) is 5.83. The number of thiocarbonyl (C=S) groups is 1. The molecule has 0 spiro atoms. The molecule has 2 N–H and O–H groups in total. The highest BCUT2D eigenvalue weighted by molar-refractivity contribution is 7.80.